The molecule has 0 aromatic carbocycles. The molecule has 0 saturated heterocycles. The van der Waals surface area contributed by atoms with Crippen LogP contribution in [0.15, 0.2) is 0 Å². The first-order valence-corrected chi connectivity index (χ1v) is 6.10. The minimum absolute atomic E-state index is 0.398. The van der Waals surface area contributed by atoms with Crippen LogP contribution in [0.5, 0.6) is 0 Å². The van der Waals surface area contributed by atoms with Gasteiger partial charge >= 0.3 is 0 Å². The Morgan fingerprint density at radius 3 is 1.80 bits per heavy atom. The summed E-state index contributed by atoms with van der Waals surface area (Å²) in [7, 11) is -0.398. The number of rotatable bonds is 4. The minimum Gasteiger partial charge on any atom is -0.270 e. The summed E-state index contributed by atoms with van der Waals surface area (Å²) >= 11 is 6.17. The van der Waals surface area contributed by atoms with Crippen LogP contribution >= 0.6 is 18.7 Å². The lowest BCUT2D eigenvalue weighted by Crippen LogP contribution is -2.17. The van der Waals surface area contributed by atoms with Gasteiger partial charge in [0, 0.05) is 18.7 Å². The van der Waals surface area contributed by atoms with E-state index < -0.39 is 7.43 Å². The maximum absolute atomic E-state index is 6.17. The third-order valence-electron chi connectivity index (χ3n) is 1.43. The molecule has 62 valence electrons. The van der Waals surface area contributed by atoms with Gasteiger partial charge in [-0.2, -0.15) is 0 Å². The molecule has 0 saturated carbocycles. The van der Waals surface area contributed by atoms with Crippen molar-refractivity contribution >= 4 is 18.7 Å². The van der Waals surface area contributed by atoms with Crippen molar-refractivity contribution in [3.05, 3.63) is 0 Å². The fraction of sp³-hybridized carbons (Fsp3) is 1.00. The minimum atomic E-state index is -0.398. The highest BCUT2D eigenvalue weighted by Gasteiger charge is 2.15. The molecule has 10 heavy (non-hydrogen) atoms. The molecule has 0 N–H and O–H groups in total. The fourth-order valence-electron chi connectivity index (χ4n) is 0.820. The Balaban J connectivity index is 3.76. The maximum Gasteiger partial charge on any atom is 0.0652 e. The van der Waals surface area contributed by atoms with Crippen molar-refractivity contribution in [2.75, 3.05) is 13.1 Å². The lowest BCUT2D eigenvalue weighted by Gasteiger charge is -2.26. The van der Waals surface area contributed by atoms with Gasteiger partial charge < -0.3 is 0 Å². The Bertz CT molecular complexity index is 83.7. The van der Waals surface area contributed by atoms with Crippen molar-refractivity contribution in [1.82, 2.24) is 4.67 Å². The van der Waals surface area contributed by atoms with Gasteiger partial charge in [0.2, 0.25) is 0 Å². The maximum atomic E-state index is 6.17. The molecule has 0 aromatic rings. The molecule has 0 amide bonds. The molecule has 0 spiro atoms. The number of nitrogens with zero attached hydrogens (tertiary/aromatic N) is 1. The molecule has 1 atom stereocenters. The summed E-state index contributed by atoms with van der Waals surface area (Å²) in [5, 5.41) is 0. The van der Waals surface area contributed by atoms with Crippen molar-refractivity contribution < 1.29 is 0 Å². The number of hydrogen-bond acceptors (Lipinski definition) is 1. The smallest absolute Gasteiger partial charge is 0.0652 e. The quantitative estimate of drug-likeness (QED) is 0.602. The van der Waals surface area contributed by atoms with Gasteiger partial charge in [0.15, 0.2) is 0 Å². The van der Waals surface area contributed by atoms with E-state index in [1.165, 1.54) is 0 Å². The van der Waals surface area contributed by atoms with Gasteiger partial charge in [0.05, 0.1) is 7.43 Å². The lowest BCUT2D eigenvalue weighted by molar-refractivity contribution is 0.508. The van der Waals surface area contributed by atoms with Crippen LogP contribution < -0.4 is 0 Å². The van der Waals surface area contributed by atoms with Gasteiger partial charge in [0.25, 0.3) is 0 Å². The first-order valence-electron chi connectivity index (χ1n) is 3.83. The van der Waals surface area contributed by atoms with Gasteiger partial charge in [-0.3, -0.25) is 4.67 Å². The molecular weight excluding hydrogens is 165 g/mol. The molecule has 0 heterocycles. The van der Waals surface area contributed by atoms with Crippen LogP contribution in [0.25, 0.3) is 0 Å². The van der Waals surface area contributed by atoms with E-state index in [2.05, 4.69) is 32.4 Å². The summed E-state index contributed by atoms with van der Waals surface area (Å²) in [6.07, 6.45) is 0. The summed E-state index contributed by atoms with van der Waals surface area (Å²) in [4.78, 5) is 0. The van der Waals surface area contributed by atoms with Crippen LogP contribution in [0.3, 0.4) is 0 Å². The average molecular weight is 182 g/mol. The second-order valence-corrected chi connectivity index (χ2v) is 5.74. The summed E-state index contributed by atoms with van der Waals surface area (Å²) in [5.74, 6) is 0. The molecule has 3 heteroatoms. The van der Waals surface area contributed by atoms with Crippen LogP contribution in [0.2, 0.25) is 0 Å². The summed E-state index contributed by atoms with van der Waals surface area (Å²) in [6.45, 7) is 10.8. The van der Waals surface area contributed by atoms with Gasteiger partial charge in [-0.05, 0) is 0 Å². The highest BCUT2D eigenvalue weighted by Crippen LogP contribution is 2.49. The predicted octanol–water partition coefficient (Wildman–Crippen LogP) is 3.29. The molecule has 0 fully saturated rings. The third-order valence-corrected chi connectivity index (χ3v) is 5.20. The number of hydrogen-bond donors (Lipinski definition) is 0. The monoisotopic (exact) mass is 181 g/mol. The number of halogens is 1. The van der Waals surface area contributed by atoms with E-state index in [0.29, 0.717) is 5.66 Å². The molecule has 1 nitrogen and oxygen atoms in total. The molecule has 0 radical (unpaired) electrons. The van der Waals surface area contributed by atoms with Gasteiger partial charge in [-0.1, -0.05) is 38.9 Å². The van der Waals surface area contributed by atoms with Crippen LogP contribution in [-0.2, 0) is 0 Å². The molecule has 0 bridgehead atoms. The van der Waals surface area contributed by atoms with Gasteiger partial charge in [0.1, 0.15) is 0 Å². The van der Waals surface area contributed by atoms with Crippen LogP contribution in [-0.4, -0.2) is 23.4 Å². The lowest BCUT2D eigenvalue weighted by atomic mass is 10.6. The predicted molar refractivity (Wildman–Crippen MR) is 50.8 cm³/mol. The van der Waals surface area contributed by atoms with Crippen LogP contribution in [0.4, 0.5) is 0 Å². The van der Waals surface area contributed by atoms with Crippen molar-refractivity contribution in [1.29, 1.82) is 0 Å². The van der Waals surface area contributed by atoms with E-state index in [4.69, 9.17) is 11.2 Å². The molecule has 0 aliphatic heterocycles. The fourth-order valence-corrected chi connectivity index (χ4v) is 2.66. The van der Waals surface area contributed by atoms with Gasteiger partial charge in [-0.25, -0.2) is 0 Å². The zero-order valence-electron chi connectivity index (χ0n) is 7.26. The summed E-state index contributed by atoms with van der Waals surface area (Å²) in [6, 6.07) is 0. The van der Waals surface area contributed by atoms with E-state index in [1.807, 2.05) is 0 Å². The Labute approximate surface area is 70.3 Å². The molecule has 0 aromatic heterocycles. The molecule has 1 unspecified atom stereocenters. The third kappa shape index (κ3) is 3.18. The van der Waals surface area contributed by atoms with E-state index in [0.717, 1.165) is 13.1 Å². The average Bonchev–Trinajstić information content (AvgIpc) is 1.90. The van der Waals surface area contributed by atoms with Crippen LogP contribution in [0, 0.1) is 0 Å². The van der Waals surface area contributed by atoms with Crippen molar-refractivity contribution in [3.63, 3.8) is 0 Å². The summed E-state index contributed by atoms with van der Waals surface area (Å²) < 4.78 is 2.32. The summed E-state index contributed by atoms with van der Waals surface area (Å²) in [5.41, 5.74) is 0.608. The molecular formula is C7H17ClNP. The largest absolute Gasteiger partial charge is 0.270 e. The van der Waals surface area contributed by atoms with Crippen LogP contribution in [0.1, 0.15) is 27.7 Å². The van der Waals surface area contributed by atoms with E-state index in [9.17, 15) is 0 Å². The SMILES string of the molecule is CCN(CC)P(Cl)C(C)C. The Morgan fingerprint density at radius 1 is 1.30 bits per heavy atom. The van der Waals surface area contributed by atoms with Crippen molar-refractivity contribution in [2.45, 2.75) is 33.4 Å². The van der Waals surface area contributed by atoms with E-state index >= 15 is 0 Å². The zero-order valence-corrected chi connectivity index (χ0v) is 8.91. The van der Waals surface area contributed by atoms with E-state index in [-0.39, 0.29) is 0 Å². The Kier molecular flexibility index (Phi) is 5.71. The molecule has 0 rings (SSSR count). The normalized spacial score (nSPS) is 14.7. The standard InChI is InChI=1S/C7H17ClNP/c1-5-9(6-2)10(8)7(3)4/h7H,5-6H2,1-4H3. The van der Waals surface area contributed by atoms with Crippen molar-refractivity contribution in [3.8, 4) is 0 Å². The van der Waals surface area contributed by atoms with Gasteiger partial charge in [-0.15, -0.1) is 0 Å². The highest BCUT2D eigenvalue weighted by molar-refractivity contribution is 7.82. The Morgan fingerprint density at radius 2 is 1.70 bits per heavy atom. The molecule has 0 aliphatic carbocycles. The van der Waals surface area contributed by atoms with E-state index in [1.54, 1.807) is 0 Å². The zero-order chi connectivity index (χ0) is 8.15. The first kappa shape index (κ1) is 10.7. The topological polar surface area (TPSA) is 3.24 Å². The second-order valence-electron chi connectivity index (χ2n) is 2.52. The molecule has 0 aliphatic rings. The second kappa shape index (κ2) is 5.35. The highest BCUT2D eigenvalue weighted by atomic mass is 35.7. The first-order chi connectivity index (χ1) is 4.63. The van der Waals surface area contributed by atoms with Crippen molar-refractivity contribution in [2.24, 2.45) is 0 Å². The Hall–Kier alpha value is 0.680.